The third-order valence-electron chi connectivity index (χ3n) is 3.18. The van der Waals surface area contributed by atoms with Crippen molar-refractivity contribution in [1.29, 1.82) is 0 Å². The van der Waals surface area contributed by atoms with Crippen LogP contribution in [0, 0.1) is 0 Å². The summed E-state index contributed by atoms with van der Waals surface area (Å²) in [4.78, 5) is 12.0. The highest BCUT2D eigenvalue weighted by atomic mass is 79.9. The van der Waals surface area contributed by atoms with Gasteiger partial charge in [-0.25, -0.2) is 0 Å². The summed E-state index contributed by atoms with van der Waals surface area (Å²) in [5.74, 6) is -0.423. The second-order valence-electron chi connectivity index (χ2n) is 4.14. The van der Waals surface area contributed by atoms with Gasteiger partial charge in [0, 0.05) is 11.6 Å². The Bertz CT molecular complexity index is 510. The SMILES string of the molecule is COC1C=C(Br)C=CC1(C(N)=O)c1ccccc1. The third kappa shape index (κ3) is 2.02. The second-order valence-corrected chi connectivity index (χ2v) is 5.06. The van der Waals surface area contributed by atoms with Crippen molar-refractivity contribution in [3.8, 4) is 0 Å². The third-order valence-corrected chi connectivity index (χ3v) is 3.71. The molecule has 0 radical (unpaired) electrons. The summed E-state index contributed by atoms with van der Waals surface area (Å²) in [5.41, 5.74) is 5.51. The number of halogens is 1. The molecule has 1 aromatic rings. The number of rotatable bonds is 3. The minimum atomic E-state index is -0.951. The molecule has 0 bridgehead atoms. The number of carbonyl (C=O) groups is 1. The first kappa shape index (κ1) is 13.1. The molecule has 0 heterocycles. The zero-order valence-corrected chi connectivity index (χ0v) is 11.6. The van der Waals surface area contributed by atoms with Crippen molar-refractivity contribution in [1.82, 2.24) is 0 Å². The fraction of sp³-hybridized carbons (Fsp3) is 0.214. The molecule has 0 saturated carbocycles. The molecular formula is C14H14BrNO2. The Morgan fingerprint density at radius 1 is 1.39 bits per heavy atom. The van der Waals surface area contributed by atoms with Crippen molar-refractivity contribution in [3.05, 3.63) is 58.6 Å². The highest BCUT2D eigenvalue weighted by Gasteiger charge is 2.44. The standard InChI is InChI=1S/C14H14BrNO2/c1-18-12-9-11(15)7-8-14(12,13(16)17)10-5-3-2-4-6-10/h2-9,12H,1H3,(H2,16,17). The zero-order valence-electron chi connectivity index (χ0n) is 9.97. The summed E-state index contributed by atoms with van der Waals surface area (Å²) in [6.07, 6.45) is 5.05. The lowest BCUT2D eigenvalue weighted by Crippen LogP contribution is -2.50. The maximum Gasteiger partial charge on any atom is 0.234 e. The molecule has 18 heavy (non-hydrogen) atoms. The van der Waals surface area contributed by atoms with Crippen LogP contribution in [-0.4, -0.2) is 19.1 Å². The largest absolute Gasteiger partial charge is 0.376 e. The van der Waals surface area contributed by atoms with Crippen molar-refractivity contribution in [2.45, 2.75) is 11.5 Å². The topological polar surface area (TPSA) is 52.3 Å². The molecule has 2 N–H and O–H groups in total. The predicted molar refractivity (Wildman–Crippen MR) is 74.3 cm³/mol. The maximum absolute atomic E-state index is 12.0. The molecule has 0 saturated heterocycles. The normalized spacial score (nSPS) is 26.8. The number of benzene rings is 1. The van der Waals surface area contributed by atoms with E-state index in [2.05, 4.69) is 15.9 Å². The minimum Gasteiger partial charge on any atom is -0.376 e. The van der Waals surface area contributed by atoms with Crippen LogP contribution in [0.15, 0.2) is 53.0 Å². The van der Waals surface area contributed by atoms with E-state index in [1.54, 1.807) is 13.2 Å². The molecule has 2 atom stereocenters. The van der Waals surface area contributed by atoms with Crippen molar-refractivity contribution in [3.63, 3.8) is 0 Å². The van der Waals surface area contributed by atoms with Gasteiger partial charge in [-0.1, -0.05) is 58.4 Å². The zero-order chi connectivity index (χ0) is 13.2. The average Bonchev–Trinajstić information content (AvgIpc) is 2.39. The lowest BCUT2D eigenvalue weighted by Gasteiger charge is -2.35. The summed E-state index contributed by atoms with van der Waals surface area (Å²) < 4.78 is 6.31. The van der Waals surface area contributed by atoms with Crippen molar-refractivity contribution in [2.75, 3.05) is 7.11 Å². The number of allylic oxidation sites excluding steroid dienone is 2. The second kappa shape index (κ2) is 5.08. The van der Waals surface area contributed by atoms with Crippen LogP contribution in [0.5, 0.6) is 0 Å². The molecule has 0 fully saturated rings. The Kier molecular flexibility index (Phi) is 3.68. The molecule has 0 aliphatic heterocycles. The first-order chi connectivity index (χ1) is 8.61. The fourth-order valence-electron chi connectivity index (χ4n) is 2.23. The first-order valence-electron chi connectivity index (χ1n) is 5.56. The van der Waals surface area contributed by atoms with Gasteiger partial charge in [0.05, 0.1) is 6.10 Å². The highest BCUT2D eigenvalue weighted by molar-refractivity contribution is 9.11. The van der Waals surface area contributed by atoms with Gasteiger partial charge >= 0.3 is 0 Å². The van der Waals surface area contributed by atoms with E-state index in [0.29, 0.717) is 0 Å². The van der Waals surface area contributed by atoms with Crippen molar-refractivity contribution < 1.29 is 9.53 Å². The number of hydrogen-bond donors (Lipinski definition) is 1. The molecule has 1 aromatic carbocycles. The van der Waals surface area contributed by atoms with E-state index in [0.717, 1.165) is 10.0 Å². The summed E-state index contributed by atoms with van der Waals surface area (Å²) in [7, 11) is 1.57. The van der Waals surface area contributed by atoms with Gasteiger partial charge in [0.1, 0.15) is 5.41 Å². The summed E-state index contributed by atoms with van der Waals surface area (Å²) in [5, 5.41) is 0. The quantitative estimate of drug-likeness (QED) is 0.931. The maximum atomic E-state index is 12.0. The monoisotopic (exact) mass is 307 g/mol. The molecule has 1 amide bonds. The molecule has 2 unspecified atom stereocenters. The van der Waals surface area contributed by atoms with E-state index in [9.17, 15) is 4.79 Å². The van der Waals surface area contributed by atoms with E-state index in [-0.39, 0.29) is 0 Å². The summed E-state index contributed by atoms with van der Waals surface area (Å²) in [6, 6.07) is 9.43. The molecule has 4 heteroatoms. The van der Waals surface area contributed by atoms with E-state index >= 15 is 0 Å². The Morgan fingerprint density at radius 2 is 2.06 bits per heavy atom. The number of amides is 1. The molecule has 1 aliphatic rings. The van der Waals surface area contributed by atoms with Crippen LogP contribution in [0.3, 0.4) is 0 Å². The van der Waals surface area contributed by atoms with Crippen LogP contribution >= 0.6 is 15.9 Å². The molecule has 0 aromatic heterocycles. The fourth-order valence-corrected chi connectivity index (χ4v) is 2.60. The van der Waals surface area contributed by atoms with Gasteiger partial charge in [0.25, 0.3) is 0 Å². The van der Waals surface area contributed by atoms with Crippen LogP contribution in [0.1, 0.15) is 5.56 Å². The van der Waals surface area contributed by atoms with E-state index < -0.39 is 17.4 Å². The highest BCUT2D eigenvalue weighted by Crippen LogP contribution is 2.36. The van der Waals surface area contributed by atoms with Crippen LogP contribution in [0.4, 0.5) is 0 Å². The average molecular weight is 308 g/mol. The lowest BCUT2D eigenvalue weighted by atomic mass is 9.72. The Balaban J connectivity index is 2.59. The predicted octanol–water partition coefficient (Wildman–Crippen LogP) is 2.27. The minimum absolute atomic E-state index is 0.420. The van der Waals surface area contributed by atoms with Crippen LogP contribution < -0.4 is 5.73 Å². The smallest absolute Gasteiger partial charge is 0.234 e. The number of methoxy groups -OCH3 is 1. The van der Waals surface area contributed by atoms with Crippen LogP contribution in [0.2, 0.25) is 0 Å². The van der Waals surface area contributed by atoms with Gasteiger partial charge in [-0.3, -0.25) is 4.79 Å². The van der Waals surface area contributed by atoms with Gasteiger partial charge in [-0.2, -0.15) is 0 Å². The van der Waals surface area contributed by atoms with Gasteiger partial charge in [-0.15, -0.1) is 0 Å². The molecule has 1 aliphatic carbocycles. The van der Waals surface area contributed by atoms with Crippen molar-refractivity contribution >= 4 is 21.8 Å². The summed E-state index contributed by atoms with van der Waals surface area (Å²) >= 11 is 3.38. The number of carbonyl (C=O) groups excluding carboxylic acids is 1. The molecule has 94 valence electrons. The van der Waals surface area contributed by atoms with E-state index in [1.165, 1.54) is 0 Å². The van der Waals surface area contributed by atoms with E-state index in [4.69, 9.17) is 10.5 Å². The molecular weight excluding hydrogens is 294 g/mol. The van der Waals surface area contributed by atoms with Crippen LogP contribution in [0.25, 0.3) is 0 Å². The Hall–Kier alpha value is -1.39. The first-order valence-corrected chi connectivity index (χ1v) is 6.35. The summed E-state index contributed by atoms with van der Waals surface area (Å²) in [6.45, 7) is 0. The van der Waals surface area contributed by atoms with Gasteiger partial charge in [-0.05, 0) is 11.6 Å². The number of ether oxygens (including phenoxy) is 1. The lowest BCUT2D eigenvalue weighted by molar-refractivity contribution is -0.125. The molecule has 0 spiro atoms. The van der Waals surface area contributed by atoms with Crippen LogP contribution in [-0.2, 0) is 14.9 Å². The van der Waals surface area contributed by atoms with Gasteiger partial charge in [0.2, 0.25) is 5.91 Å². The number of hydrogen-bond acceptors (Lipinski definition) is 2. The van der Waals surface area contributed by atoms with Crippen molar-refractivity contribution in [2.24, 2.45) is 5.73 Å². The van der Waals surface area contributed by atoms with Gasteiger partial charge < -0.3 is 10.5 Å². The van der Waals surface area contributed by atoms with Gasteiger partial charge in [0.15, 0.2) is 0 Å². The Labute approximate surface area is 114 Å². The number of nitrogens with two attached hydrogens (primary N) is 1. The number of primary amides is 1. The molecule has 2 rings (SSSR count). The molecule has 3 nitrogen and oxygen atoms in total. The Morgan fingerprint density at radius 3 is 2.61 bits per heavy atom. The van der Waals surface area contributed by atoms with E-state index in [1.807, 2.05) is 42.5 Å².